The second-order valence-electron chi connectivity index (χ2n) is 6.33. The number of hydrogen-bond acceptors (Lipinski definition) is 4. The van der Waals surface area contributed by atoms with Crippen LogP contribution in [0.1, 0.15) is 11.3 Å². The monoisotopic (exact) mass is 359 g/mol. The summed E-state index contributed by atoms with van der Waals surface area (Å²) in [6, 6.07) is 6.89. The number of aryl methyl sites for hydroxylation is 1. The van der Waals surface area contributed by atoms with E-state index in [-0.39, 0.29) is 5.82 Å². The van der Waals surface area contributed by atoms with E-state index in [9.17, 15) is 4.39 Å². The molecule has 1 saturated heterocycles. The smallest absolute Gasteiger partial charge is 0.154 e. The molecule has 4 rings (SSSR count). The van der Waals surface area contributed by atoms with E-state index in [1.165, 1.54) is 6.07 Å². The van der Waals surface area contributed by atoms with Crippen molar-refractivity contribution in [2.75, 3.05) is 31.1 Å². The van der Waals surface area contributed by atoms with Gasteiger partial charge in [0.15, 0.2) is 5.82 Å². The van der Waals surface area contributed by atoms with E-state index in [4.69, 9.17) is 11.6 Å². The third-order valence-electron chi connectivity index (χ3n) is 4.61. The van der Waals surface area contributed by atoms with E-state index in [2.05, 4.69) is 19.9 Å². The number of fused-ring (bicyclic) bond motifs is 1. The molecular formula is C18H19ClFN5. The highest BCUT2D eigenvalue weighted by Gasteiger charge is 2.21. The maximum absolute atomic E-state index is 14.0. The molecule has 0 bridgehead atoms. The van der Waals surface area contributed by atoms with Gasteiger partial charge in [-0.3, -0.25) is 4.90 Å². The molecule has 3 aromatic rings. The third-order valence-corrected chi connectivity index (χ3v) is 4.96. The molecule has 0 N–H and O–H groups in total. The Morgan fingerprint density at radius 1 is 1.20 bits per heavy atom. The summed E-state index contributed by atoms with van der Waals surface area (Å²) < 4.78 is 15.8. The molecule has 130 valence electrons. The molecular weight excluding hydrogens is 341 g/mol. The molecule has 0 radical (unpaired) electrons. The molecule has 25 heavy (non-hydrogen) atoms. The van der Waals surface area contributed by atoms with E-state index in [1.54, 1.807) is 18.3 Å². The summed E-state index contributed by atoms with van der Waals surface area (Å²) in [6.45, 7) is 5.85. The number of rotatable bonds is 3. The zero-order valence-electron chi connectivity index (χ0n) is 14.0. The average Bonchev–Trinajstić information content (AvgIpc) is 2.99. The molecule has 1 aliphatic heterocycles. The van der Waals surface area contributed by atoms with Gasteiger partial charge in [-0.1, -0.05) is 17.7 Å². The van der Waals surface area contributed by atoms with Crippen LogP contribution in [0.3, 0.4) is 0 Å². The van der Waals surface area contributed by atoms with Gasteiger partial charge in [-0.2, -0.15) is 5.10 Å². The molecule has 0 aliphatic carbocycles. The lowest BCUT2D eigenvalue weighted by Gasteiger charge is -2.35. The van der Waals surface area contributed by atoms with Crippen molar-refractivity contribution in [2.45, 2.75) is 13.5 Å². The lowest BCUT2D eigenvalue weighted by molar-refractivity contribution is 0.246. The van der Waals surface area contributed by atoms with Gasteiger partial charge in [0.05, 0.1) is 5.69 Å². The van der Waals surface area contributed by atoms with Crippen molar-refractivity contribution in [3.63, 3.8) is 0 Å². The van der Waals surface area contributed by atoms with Crippen LogP contribution in [-0.2, 0) is 6.54 Å². The Morgan fingerprint density at radius 2 is 2.00 bits per heavy atom. The fraction of sp³-hybridized carbons (Fsp3) is 0.333. The molecule has 0 unspecified atom stereocenters. The van der Waals surface area contributed by atoms with Gasteiger partial charge in [0.25, 0.3) is 0 Å². The minimum atomic E-state index is -0.240. The first-order valence-corrected chi connectivity index (χ1v) is 8.71. The quantitative estimate of drug-likeness (QED) is 0.720. The van der Waals surface area contributed by atoms with E-state index < -0.39 is 0 Å². The lowest BCUT2D eigenvalue weighted by atomic mass is 10.2. The summed E-state index contributed by atoms with van der Waals surface area (Å²) in [5.74, 6) is 0.711. The number of anilines is 1. The van der Waals surface area contributed by atoms with Crippen LogP contribution < -0.4 is 4.90 Å². The fourth-order valence-corrected chi connectivity index (χ4v) is 3.52. The number of benzene rings is 1. The highest BCUT2D eigenvalue weighted by Crippen LogP contribution is 2.24. The largest absolute Gasteiger partial charge is 0.352 e. The van der Waals surface area contributed by atoms with Gasteiger partial charge in [-0.15, -0.1) is 0 Å². The molecule has 0 amide bonds. The Kier molecular flexibility index (Phi) is 4.31. The van der Waals surface area contributed by atoms with E-state index >= 15 is 0 Å². The van der Waals surface area contributed by atoms with Crippen molar-refractivity contribution in [3.8, 4) is 0 Å². The molecule has 1 fully saturated rings. The third kappa shape index (κ3) is 3.19. The summed E-state index contributed by atoms with van der Waals surface area (Å²) in [5, 5.41) is 4.93. The van der Waals surface area contributed by atoms with Crippen LogP contribution in [0, 0.1) is 12.7 Å². The van der Waals surface area contributed by atoms with Crippen LogP contribution in [0.2, 0.25) is 5.02 Å². The Bertz CT molecular complexity index is 881. The SMILES string of the molecule is Cc1cc2c(N3CCN(Cc4c(F)cccc4Cl)CC3)nccn2n1. The van der Waals surface area contributed by atoms with Gasteiger partial charge in [0.2, 0.25) is 0 Å². The highest BCUT2D eigenvalue weighted by atomic mass is 35.5. The van der Waals surface area contributed by atoms with E-state index in [1.807, 2.05) is 23.7 Å². The fourth-order valence-electron chi connectivity index (χ4n) is 3.30. The van der Waals surface area contributed by atoms with Crippen LogP contribution in [-0.4, -0.2) is 45.7 Å². The number of aromatic nitrogens is 3. The van der Waals surface area contributed by atoms with Gasteiger partial charge in [-0.25, -0.2) is 13.9 Å². The van der Waals surface area contributed by atoms with Crippen LogP contribution in [0.15, 0.2) is 36.7 Å². The van der Waals surface area contributed by atoms with Crippen molar-refractivity contribution in [1.29, 1.82) is 0 Å². The van der Waals surface area contributed by atoms with Crippen LogP contribution in [0.25, 0.3) is 5.52 Å². The number of nitrogens with zero attached hydrogens (tertiary/aromatic N) is 5. The lowest BCUT2D eigenvalue weighted by Crippen LogP contribution is -2.46. The normalized spacial score (nSPS) is 15.9. The Labute approximate surface area is 150 Å². The van der Waals surface area contributed by atoms with Gasteiger partial charge in [-0.05, 0) is 25.1 Å². The Hall–Kier alpha value is -2.18. The molecule has 5 nitrogen and oxygen atoms in total. The predicted octanol–water partition coefficient (Wildman–Crippen LogP) is 3.15. The van der Waals surface area contributed by atoms with Crippen molar-refractivity contribution in [2.24, 2.45) is 0 Å². The highest BCUT2D eigenvalue weighted by molar-refractivity contribution is 6.31. The van der Waals surface area contributed by atoms with Crippen molar-refractivity contribution in [3.05, 3.63) is 58.8 Å². The minimum absolute atomic E-state index is 0.240. The van der Waals surface area contributed by atoms with Crippen LogP contribution in [0.4, 0.5) is 10.2 Å². The average molecular weight is 360 g/mol. The van der Waals surface area contributed by atoms with E-state index in [0.29, 0.717) is 17.1 Å². The predicted molar refractivity (Wildman–Crippen MR) is 96.6 cm³/mol. The zero-order chi connectivity index (χ0) is 17.4. The first kappa shape index (κ1) is 16.3. The van der Waals surface area contributed by atoms with E-state index in [0.717, 1.165) is 43.2 Å². The van der Waals surface area contributed by atoms with Crippen molar-refractivity contribution < 1.29 is 4.39 Å². The summed E-state index contributed by atoms with van der Waals surface area (Å²) in [4.78, 5) is 9.03. The first-order valence-electron chi connectivity index (χ1n) is 8.33. The molecule has 3 heterocycles. The topological polar surface area (TPSA) is 36.7 Å². The summed E-state index contributed by atoms with van der Waals surface area (Å²) in [5.41, 5.74) is 2.57. The second kappa shape index (κ2) is 6.61. The Morgan fingerprint density at radius 3 is 2.76 bits per heavy atom. The van der Waals surface area contributed by atoms with Gasteiger partial charge >= 0.3 is 0 Å². The number of piperazine rings is 1. The van der Waals surface area contributed by atoms with Gasteiger partial charge in [0, 0.05) is 55.7 Å². The first-order chi connectivity index (χ1) is 12.1. The molecule has 0 spiro atoms. The molecule has 1 aliphatic rings. The molecule has 0 atom stereocenters. The standard InChI is InChI=1S/C18H19ClFN5/c1-13-11-17-18(21-5-6-25(17)22-13)24-9-7-23(8-10-24)12-14-15(19)3-2-4-16(14)20/h2-6,11H,7-10,12H2,1H3. The number of hydrogen-bond donors (Lipinski definition) is 0. The van der Waals surface area contributed by atoms with Gasteiger partial charge in [0.1, 0.15) is 11.3 Å². The molecule has 2 aromatic heterocycles. The van der Waals surface area contributed by atoms with Crippen molar-refractivity contribution in [1.82, 2.24) is 19.5 Å². The summed E-state index contributed by atoms with van der Waals surface area (Å²) in [7, 11) is 0. The second-order valence-corrected chi connectivity index (χ2v) is 6.74. The maximum Gasteiger partial charge on any atom is 0.154 e. The molecule has 0 saturated carbocycles. The summed E-state index contributed by atoms with van der Waals surface area (Å²) >= 11 is 6.14. The Balaban J connectivity index is 1.48. The minimum Gasteiger partial charge on any atom is -0.352 e. The van der Waals surface area contributed by atoms with Gasteiger partial charge < -0.3 is 4.90 Å². The number of halogens is 2. The molecule has 1 aromatic carbocycles. The molecule has 7 heteroatoms. The van der Waals surface area contributed by atoms with Crippen LogP contribution >= 0.6 is 11.6 Å². The summed E-state index contributed by atoms with van der Waals surface area (Å²) in [6.07, 6.45) is 3.64. The van der Waals surface area contributed by atoms with Crippen molar-refractivity contribution >= 4 is 22.9 Å². The van der Waals surface area contributed by atoms with Crippen LogP contribution in [0.5, 0.6) is 0 Å². The maximum atomic E-state index is 14.0. The zero-order valence-corrected chi connectivity index (χ0v) is 14.7.